The van der Waals surface area contributed by atoms with Gasteiger partial charge in [-0.15, -0.1) is 0 Å². The summed E-state index contributed by atoms with van der Waals surface area (Å²) in [5.41, 5.74) is 1.31. The fourth-order valence-electron chi connectivity index (χ4n) is 8.15. The van der Waals surface area contributed by atoms with E-state index < -0.39 is 23.7 Å². The minimum absolute atomic E-state index is 0.0250. The van der Waals surface area contributed by atoms with Crippen LogP contribution in [0.15, 0.2) is 66.7 Å². The van der Waals surface area contributed by atoms with Crippen LogP contribution in [0.3, 0.4) is 0 Å². The number of fused-ring (bicyclic) bond motifs is 3. The molecule has 5 atom stereocenters. The van der Waals surface area contributed by atoms with Crippen molar-refractivity contribution in [2.24, 2.45) is 5.92 Å². The molecule has 270 valence electrons. The van der Waals surface area contributed by atoms with Gasteiger partial charge in [-0.3, -0.25) is 14.5 Å². The molecule has 51 heavy (non-hydrogen) atoms. The molecule has 2 amide bonds. The van der Waals surface area contributed by atoms with Crippen molar-refractivity contribution in [1.82, 2.24) is 20.1 Å². The molecular formula is C41H50N4O6. The number of likely N-dealkylation sites (tertiary alicyclic amines) is 1. The van der Waals surface area contributed by atoms with E-state index in [0.29, 0.717) is 24.3 Å². The van der Waals surface area contributed by atoms with Crippen molar-refractivity contribution in [1.29, 1.82) is 0 Å². The summed E-state index contributed by atoms with van der Waals surface area (Å²) in [5, 5.41) is 3.93. The number of nitrogens with zero attached hydrogens (tertiary/aromatic N) is 3. The molecule has 7 rings (SSSR count). The molecule has 0 spiro atoms. The largest absolute Gasteiger partial charge is 0.497 e. The van der Waals surface area contributed by atoms with E-state index in [0.717, 1.165) is 80.2 Å². The summed E-state index contributed by atoms with van der Waals surface area (Å²) in [6.45, 7) is 4.03. The van der Waals surface area contributed by atoms with Crippen LogP contribution < -0.4 is 14.8 Å². The van der Waals surface area contributed by atoms with Crippen molar-refractivity contribution in [2.75, 3.05) is 33.4 Å². The van der Waals surface area contributed by atoms with E-state index in [-0.39, 0.29) is 36.9 Å². The Morgan fingerprint density at radius 1 is 0.980 bits per heavy atom. The first-order valence-electron chi connectivity index (χ1n) is 18.8. The predicted molar refractivity (Wildman–Crippen MR) is 195 cm³/mol. The lowest BCUT2D eigenvalue weighted by molar-refractivity contribution is -0.150. The number of pyridine rings is 1. The van der Waals surface area contributed by atoms with Gasteiger partial charge in [0.2, 0.25) is 11.8 Å². The van der Waals surface area contributed by atoms with Crippen LogP contribution in [0.25, 0.3) is 22.2 Å². The molecular weight excluding hydrogens is 644 g/mol. The second kappa shape index (κ2) is 15.4. The monoisotopic (exact) mass is 694 g/mol. The number of methoxy groups -OCH3 is 1. The normalized spacial score (nSPS) is 27.5. The van der Waals surface area contributed by atoms with Gasteiger partial charge in [0.05, 0.1) is 37.5 Å². The Hall–Kier alpha value is -4.44. The van der Waals surface area contributed by atoms with Gasteiger partial charge in [-0.1, -0.05) is 61.7 Å². The van der Waals surface area contributed by atoms with Crippen molar-refractivity contribution in [3.05, 3.63) is 66.7 Å². The lowest BCUT2D eigenvalue weighted by atomic mass is 10.0. The summed E-state index contributed by atoms with van der Waals surface area (Å²) in [7, 11) is 1.63. The highest BCUT2D eigenvalue weighted by atomic mass is 16.5. The first kappa shape index (κ1) is 35.0. The number of esters is 1. The number of amides is 2. The first-order valence-corrected chi connectivity index (χ1v) is 18.8. The number of carbonyl (C=O) groups excluding carboxylic acids is 3. The van der Waals surface area contributed by atoms with Gasteiger partial charge >= 0.3 is 5.97 Å². The second-order valence-electron chi connectivity index (χ2n) is 14.4. The van der Waals surface area contributed by atoms with Crippen LogP contribution >= 0.6 is 0 Å². The summed E-state index contributed by atoms with van der Waals surface area (Å²) in [4.78, 5) is 51.5. The van der Waals surface area contributed by atoms with Crippen LogP contribution in [-0.2, 0) is 19.1 Å². The number of hydrogen-bond donors (Lipinski definition) is 1. The summed E-state index contributed by atoms with van der Waals surface area (Å²) in [5.74, 6) is 0.404. The van der Waals surface area contributed by atoms with Crippen molar-refractivity contribution in [2.45, 2.75) is 94.9 Å². The minimum atomic E-state index is -1.12. The molecule has 1 saturated carbocycles. The Kier molecular flexibility index (Phi) is 10.6. The number of nitrogens with one attached hydrogen (secondary N) is 1. The number of benzene rings is 2. The van der Waals surface area contributed by atoms with Gasteiger partial charge in [0, 0.05) is 35.4 Å². The van der Waals surface area contributed by atoms with Gasteiger partial charge in [-0.05, 0) is 70.7 Å². The Balaban J connectivity index is 1.23. The molecule has 1 N–H and O–H groups in total. The van der Waals surface area contributed by atoms with E-state index in [4.69, 9.17) is 19.2 Å². The molecule has 0 radical (unpaired) electrons. The van der Waals surface area contributed by atoms with Crippen LogP contribution in [0, 0.1) is 5.92 Å². The minimum Gasteiger partial charge on any atom is -0.497 e. The van der Waals surface area contributed by atoms with E-state index in [1.165, 1.54) is 6.42 Å². The van der Waals surface area contributed by atoms with Gasteiger partial charge in [-0.25, -0.2) is 9.78 Å². The SMILES string of the molecule is CCOC(=O)[C@]12C[C@@H]1C=CCCCCC[C@H](N1CCCCC1)C(=O)N1C[C@H](Oc3cc(-c4ccccc4)nc4cc(OC)ccc34)C[C@H]1C(=O)N2. The third kappa shape index (κ3) is 7.47. The maximum absolute atomic E-state index is 14.8. The van der Waals surface area contributed by atoms with E-state index >= 15 is 0 Å². The van der Waals surface area contributed by atoms with Gasteiger partial charge < -0.3 is 24.4 Å². The maximum atomic E-state index is 14.8. The number of piperidine rings is 1. The fraction of sp³-hybridized carbons (Fsp3) is 0.512. The molecule has 10 nitrogen and oxygen atoms in total. The van der Waals surface area contributed by atoms with Crippen molar-refractivity contribution < 1.29 is 28.6 Å². The van der Waals surface area contributed by atoms with Crippen molar-refractivity contribution >= 4 is 28.7 Å². The average Bonchev–Trinajstić information content (AvgIpc) is 3.69. The molecule has 4 aliphatic rings. The molecule has 1 aliphatic carbocycles. The first-order chi connectivity index (χ1) is 24.9. The second-order valence-corrected chi connectivity index (χ2v) is 14.4. The lowest BCUT2D eigenvalue weighted by Crippen LogP contribution is -2.57. The molecule has 3 fully saturated rings. The molecule has 0 bridgehead atoms. The zero-order chi connectivity index (χ0) is 35.4. The van der Waals surface area contributed by atoms with Crippen molar-refractivity contribution in [3.63, 3.8) is 0 Å². The zero-order valence-corrected chi connectivity index (χ0v) is 29.9. The van der Waals surface area contributed by atoms with Gasteiger partial charge in [0.25, 0.3) is 0 Å². The van der Waals surface area contributed by atoms with E-state index in [9.17, 15) is 14.4 Å². The third-order valence-corrected chi connectivity index (χ3v) is 11.0. The topological polar surface area (TPSA) is 110 Å². The molecule has 3 aromatic rings. The standard InChI is InChI=1S/C41H50N4O6/c1-3-50-40(48)41-26-29(41)17-11-5-4-6-12-18-35(44-21-13-8-14-22-44)39(47)45-27-31(24-36(45)38(46)43-41)51-37-25-33(28-15-9-7-10-16-28)42-34-23-30(49-2)19-20-32(34)37/h7,9-11,15-17,19-20,23,25,29,31,35-36H,3-6,8,12-14,18,21-22,24,26-27H2,1-2H3,(H,43,46)/t29-,31+,35-,36-,41-/m0/s1. The highest BCUT2D eigenvalue weighted by Crippen LogP contribution is 2.46. The van der Waals surface area contributed by atoms with E-state index in [2.05, 4.69) is 22.4 Å². The number of rotatable bonds is 7. The zero-order valence-electron chi connectivity index (χ0n) is 29.9. The average molecular weight is 695 g/mol. The summed E-state index contributed by atoms with van der Waals surface area (Å²) in [6, 6.07) is 16.5. The van der Waals surface area contributed by atoms with Gasteiger partial charge in [-0.2, -0.15) is 0 Å². The van der Waals surface area contributed by atoms with Crippen LogP contribution in [-0.4, -0.2) is 89.6 Å². The molecule has 1 aromatic heterocycles. The third-order valence-electron chi connectivity index (χ3n) is 11.0. The summed E-state index contributed by atoms with van der Waals surface area (Å²) in [6.07, 6.45) is 12.5. The predicted octanol–water partition coefficient (Wildman–Crippen LogP) is 6.07. The number of aromatic nitrogens is 1. The molecule has 0 unspecified atom stereocenters. The lowest BCUT2D eigenvalue weighted by Gasteiger charge is -2.37. The molecule has 10 heteroatoms. The van der Waals surface area contributed by atoms with Gasteiger partial charge in [0.15, 0.2) is 0 Å². The van der Waals surface area contributed by atoms with Crippen LogP contribution in [0.4, 0.5) is 0 Å². The number of carbonyl (C=O) groups is 3. The quantitative estimate of drug-likeness (QED) is 0.235. The Bertz CT molecular complexity index is 1760. The van der Waals surface area contributed by atoms with E-state index in [1.54, 1.807) is 18.9 Å². The molecule has 2 aromatic carbocycles. The Labute approximate surface area is 300 Å². The number of ether oxygens (including phenoxy) is 3. The smallest absolute Gasteiger partial charge is 0.332 e. The highest BCUT2D eigenvalue weighted by molar-refractivity contribution is 5.96. The summed E-state index contributed by atoms with van der Waals surface area (Å²) < 4.78 is 17.8. The molecule has 4 heterocycles. The maximum Gasteiger partial charge on any atom is 0.332 e. The number of hydrogen-bond acceptors (Lipinski definition) is 8. The van der Waals surface area contributed by atoms with Gasteiger partial charge in [0.1, 0.15) is 29.2 Å². The Morgan fingerprint density at radius 2 is 1.78 bits per heavy atom. The molecule has 2 saturated heterocycles. The number of allylic oxidation sites excluding steroid dienone is 1. The molecule has 3 aliphatic heterocycles. The van der Waals surface area contributed by atoms with Crippen LogP contribution in [0.1, 0.15) is 71.1 Å². The van der Waals surface area contributed by atoms with Crippen LogP contribution in [0.2, 0.25) is 0 Å². The van der Waals surface area contributed by atoms with E-state index in [1.807, 2.05) is 54.6 Å². The fourth-order valence-corrected chi connectivity index (χ4v) is 8.15. The van der Waals surface area contributed by atoms with Crippen molar-refractivity contribution in [3.8, 4) is 22.8 Å². The Morgan fingerprint density at radius 3 is 2.57 bits per heavy atom. The highest BCUT2D eigenvalue weighted by Gasteiger charge is 2.62. The van der Waals surface area contributed by atoms with Crippen LogP contribution in [0.5, 0.6) is 11.5 Å². The summed E-state index contributed by atoms with van der Waals surface area (Å²) >= 11 is 0.